The van der Waals surface area contributed by atoms with E-state index in [2.05, 4.69) is 47.7 Å². The van der Waals surface area contributed by atoms with E-state index in [1.54, 1.807) is 19.2 Å². The molecule has 0 spiro atoms. The fourth-order valence-electron chi connectivity index (χ4n) is 2.42. The Morgan fingerprint density at radius 3 is 2.29 bits per heavy atom. The van der Waals surface area contributed by atoms with Gasteiger partial charge in [-0.25, -0.2) is 0 Å². The molecular formula is C19H24N4O. The highest BCUT2D eigenvalue weighted by Gasteiger charge is 2.03. The molecule has 2 rings (SSSR count). The number of primary amides is 1. The van der Waals surface area contributed by atoms with Gasteiger partial charge in [0.2, 0.25) is 5.91 Å². The molecule has 0 saturated carbocycles. The van der Waals surface area contributed by atoms with Crippen LogP contribution in [0, 0.1) is 13.8 Å². The lowest BCUT2D eigenvalue weighted by Crippen LogP contribution is -2.36. The molecule has 4 N–H and O–H groups in total. The van der Waals surface area contributed by atoms with Gasteiger partial charge < -0.3 is 16.4 Å². The van der Waals surface area contributed by atoms with Crippen LogP contribution in [0.2, 0.25) is 0 Å². The van der Waals surface area contributed by atoms with Crippen LogP contribution in [0.1, 0.15) is 32.6 Å². The van der Waals surface area contributed by atoms with Crippen molar-refractivity contribution in [2.45, 2.75) is 26.9 Å². The van der Waals surface area contributed by atoms with Crippen LogP contribution in [0.15, 0.2) is 47.5 Å². The van der Waals surface area contributed by atoms with E-state index < -0.39 is 5.91 Å². The number of aryl methyl sites for hydroxylation is 2. The lowest BCUT2D eigenvalue weighted by molar-refractivity contribution is 0.100. The van der Waals surface area contributed by atoms with Gasteiger partial charge in [-0.2, -0.15) is 0 Å². The van der Waals surface area contributed by atoms with Crippen molar-refractivity contribution in [3.8, 4) is 0 Å². The average molecular weight is 324 g/mol. The minimum Gasteiger partial charge on any atom is -0.366 e. The molecule has 0 aliphatic heterocycles. The number of hydrogen-bond donors (Lipinski definition) is 3. The molecule has 1 amide bonds. The molecule has 0 bridgehead atoms. The monoisotopic (exact) mass is 324 g/mol. The third kappa shape index (κ3) is 4.84. The van der Waals surface area contributed by atoms with E-state index in [0.29, 0.717) is 18.7 Å². The summed E-state index contributed by atoms with van der Waals surface area (Å²) in [6.07, 6.45) is 0. The molecule has 2 aromatic carbocycles. The normalized spacial score (nSPS) is 11.2. The number of hydrogen-bond acceptors (Lipinski definition) is 2. The van der Waals surface area contributed by atoms with Gasteiger partial charge in [0, 0.05) is 25.7 Å². The first-order valence-electron chi connectivity index (χ1n) is 7.89. The van der Waals surface area contributed by atoms with Crippen molar-refractivity contribution >= 4 is 11.9 Å². The summed E-state index contributed by atoms with van der Waals surface area (Å²) in [5.41, 5.74) is 10.6. The van der Waals surface area contributed by atoms with Crippen molar-refractivity contribution in [3.05, 3.63) is 70.3 Å². The van der Waals surface area contributed by atoms with Crippen molar-refractivity contribution in [1.82, 2.24) is 10.6 Å². The highest BCUT2D eigenvalue weighted by Crippen LogP contribution is 2.10. The minimum atomic E-state index is -0.416. The Kier molecular flexibility index (Phi) is 5.95. The number of amides is 1. The number of benzene rings is 2. The number of nitrogens with two attached hydrogens (primary N) is 1. The molecule has 5 heteroatoms. The molecular weight excluding hydrogens is 300 g/mol. The standard InChI is InChI=1S/C19H24N4O/c1-13-4-7-17(14(2)10-13)12-23-19(21-3)22-11-15-5-8-16(9-6-15)18(20)24/h4-10H,11-12H2,1-3H3,(H2,20,24)(H2,21,22,23). The Morgan fingerprint density at radius 1 is 1.04 bits per heavy atom. The lowest BCUT2D eigenvalue weighted by atomic mass is 10.1. The van der Waals surface area contributed by atoms with Gasteiger partial charge in [-0.15, -0.1) is 0 Å². The van der Waals surface area contributed by atoms with E-state index in [-0.39, 0.29) is 0 Å². The van der Waals surface area contributed by atoms with Crippen LogP contribution in [0.25, 0.3) is 0 Å². The molecule has 2 aromatic rings. The Labute approximate surface area is 143 Å². The maximum Gasteiger partial charge on any atom is 0.248 e. The Bertz CT molecular complexity index is 736. The molecule has 5 nitrogen and oxygen atoms in total. The minimum absolute atomic E-state index is 0.416. The summed E-state index contributed by atoms with van der Waals surface area (Å²) in [5.74, 6) is 0.314. The van der Waals surface area contributed by atoms with Gasteiger partial charge in [0.15, 0.2) is 5.96 Å². The lowest BCUT2D eigenvalue weighted by Gasteiger charge is -2.13. The van der Waals surface area contributed by atoms with Gasteiger partial charge in [-0.3, -0.25) is 9.79 Å². The van der Waals surface area contributed by atoms with Gasteiger partial charge in [-0.05, 0) is 42.7 Å². The Morgan fingerprint density at radius 2 is 1.71 bits per heavy atom. The van der Waals surface area contributed by atoms with Crippen molar-refractivity contribution in [2.75, 3.05) is 7.05 Å². The van der Waals surface area contributed by atoms with Gasteiger partial charge in [0.1, 0.15) is 0 Å². The molecule has 0 radical (unpaired) electrons. The quantitative estimate of drug-likeness (QED) is 0.583. The van der Waals surface area contributed by atoms with E-state index in [0.717, 1.165) is 11.5 Å². The number of carbonyl (C=O) groups excluding carboxylic acids is 1. The number of carbonyl (C=O) groups is 1. The van der Waals surface area contributed by atoms with Crippen LogP contribution in [0.3, 0.4) is 0 Å². The average Bonchev–Trinajstić information content (AvgIpc) is 2.57. The number of rotatable bonds is 5. The smallest absolute Gasteiger partial charge is 0.248 e. The van der Waals surface area contributed by atoms with Crippen LogP contribution in [-0.2, 0) is 13.1 Å². The van der Waals surface area contributed by atoms with Crippen molar-refractivity contribution < 1.29 is 4.79 Å². The number of nitrogens with zero attached hydrogens (tertiary/aromatic N) is 1. The van der Waals surface area contributed by atoms with Gasteiger partial charge in [-0.1, -0.05) is 35.9 Å². The summed E-state index contributed by atoms with van der Waals surface area (Å²) < 4.78 is 0. The first-order chi connectivity index (χ1) is 11.5. The second kappa shape index (κ2) is 8.15. The first-order valence-corrected chi connectivity index (χ1v) is 7.89. The van der Waals surface area contributed by atoms with Crippen molar-refractivity contribution in [3.63, 3.8) is 0 Å². The molecule has 0 aliphatic carbocycles. The predicted octanol–water partition coefficient (Wildman–Crippen LogP) is 2.27. The first kappa shape index (κ1) is 17.5. The van der Waals surface area contributed by atoms with Crippen LogP contribution in [0.5, 0.6) is 0 Å². The van der Waals surface area contributed by atoms with E-state index in [9.17, 15) is 4.79 Å². The summed E-state index contributed by atoms with van der Waals surface area (Å²) in [7, 11) is 1.74. The highest BCUT2D eigenvalue weighted by atomic mass is 16.1. The molecule has 24 heavy (non-hydrogen) atoms. The third-order valence-corrected chi connectivity index (χ3v) is 3.87. The zero-order chi connectivity index (χ0) is 17.5. The molecule has 0 unspecified atom stereocenters. The summed E-state index contributed by atoms with van der Waals surface area (Å²) in [6.45, 7) is 5.53. The molecule has 126 valence electrons. The van der Waals surface area contributed by atoms with Crippen LogP contribution in [-0.4, -0.2) is 18.9 Å². The molecule has 0 aliphatic rings. The van der Waals surface area contributed by atoms with Crippen molar-refractivity contribution in [1.29, 1.82) is 0 Å². The molecule has 0 aromatic heterocycles. The van der Waals surface area contributed by atoms with Crippen LogP contribution >= 0.6 is 0 Å². The predicted molar refractivity (Wildman–Crippen MR) is 97.9 cm³/mol. The van der Waals surface area contributed by atoms with Gasteiger partial charge >= 0.3 is 0 Å². The largest absolute Gasteiger partial charge is 0.366 e. The molecule has 0 heterocycles. The van der Waals surface area contributed by atoms with E-state index >= 15 is 0 Å². The van der Waals surface area contributed by atoms with Crippen LogP contribution in [0.4, 0.5) is 0 Å². The van der Waals surface area contributed by atoms with E-state index in [1.165, 1.54) is 16.7 Å². The van der Waals surface area contributed by atoms with Gasteiger partial charge in [0.25, 0.3) is 0 Å². The number of nitrogens with one attached hydrogen (secondary N) is 2. The second-order valence-corrected chi connectivity index (χ2v) is 5.77. The zero-order valence-electron chi connectivity index (χ0n) is 14.4. The van der Waals surface area contributed by atoms with E-state index in [4.69, 9.17) is 5.73 Å². The molecule has 0 saturated heterocycles. The zero-order valence-corrected chi connectivity index (χ0v) is 14.4. The molecule has 0 atom stereocenters. The summed E-state index contributed by atoms with van der Waals surface area (Å²) in [4.78, 5) is 15.3. The van der Waals surface area contributed by atoms with Gasteiger partial charge in [0.05, 0.1) is 0 Å². The molecule has 0 fully saturated rings. The summed E-state index contributed by atoms with van der Waals surface area (Å²) in [5, 5.41) is 6.57. The number of guanidine groups is 1. The fourth-order valence-corrected chi connectivity index (χ4v) is 2.42. The summed E-state index contributed by atoms with van der Waals surface area (Å²) >= 11 is 0. The topological polar surface area (TPSA) is 79.5 Å². The maximum atomic E-state index is 11.1. The van der Waals surface area contributed by atoms with Crippen LogP contribution < -0.4 is 16.4 Å². The Balaban J connectivity index is 1.89. The second-order valence-electron chi connectivity index (χ2n) is 5.77. The third-order valence-electron chi connectivity index (χ3n) is 3.87. The Hall–Kier alpha value is -2.82. The highest BCUT2D eigenvalue weighted by molar-refractivity contribution is 5.92. The summed E-state index contributed by atoms with van der Waals surface area (Å²) in [6, 6.07) is 13.6. The SMILES string of the molecule is CN=C(NCc1ccc(C(N)=O)cc1)NCc1ccc(C)cc1C. The number of aliphatic imine (C=N–C) groups is 1. The fraction of sp³-hybridized carbons (Fsp3) is 0.263. The van der Waals surface area contributed by atoms with E-state index in [1.807, 2.05) is 12.1 Å². The van der Waals surface area contributed by atoms with Crippen molar-refractivity contribution in [2.24, 2.45) is 10.7 Å². The maximum absolute atomic E-state index is 11.1.